The van der Waals surface area contributed by atoms with Crippen LogP contribution in [0, 0.1) is 0 Å². The lowest BCUT2D eigenvalue weighted by molar-refractivity contribution is 0.191. The molecule has 2 nitrogen and oxygen atoms in total. The van der Waals surface area contributed by atoms with Gasteiger partial charge in [0.1, 0.15) is 0 Å². The van der Waals surface area contributed by atoms with Crippen LogP contribution in [-0.4, -0.2) is 36.6 Å². The predicted molar refractivity (Wildman–Crippen MR) is 51.3 cm³/mol. The van der Waals surface area contributed by atoms with Crippen LogP contribution in [0.25, 0.3) is 0 Å². The maximum absolute atomic E-state index is 3.54. The highest BCUT2D eigenvalue weighted by Gasteiger charge is 2.31. The molecule has 12 heavy (non-hydrogen) atoms. The third kappa shape index (κ3) is 1.99. The smallest absolute Gasteiger partial charge is 0.00964 e. The van der Waals surface area contributed by atoms with E-state index in [1.54, 1.807) is 0 Å². The highest BCUT2D eigenvalue weighted by Crippen LogP contribution is 2.29. The molecule has 0 radical (unpaired) electrons. The molecule has 0 spiro atoms. The zero-order chi connectivity index (χ0) is 8.39. The van der Waals surface area contributed by atoms with Crippen molar-refractivity contribution in [3.63, 3.8) is 0 Å². The molecule has 70 valence electrons. The van der Waals surface area contributed by atoms with E-state index in [0.717, 1.165) is 18.6 Å². The van der Waals surface area contributed by atoms with Crippen LogP contribution in [0.5, 0.6) is 0 Å². The molecule has 2 aliphatic rings. The lowest BCUT2D eigenvalue weighted by Gasteiger charge is -2.32. The molecule has 1 N–H and O–H groups in total. The summed E-state index contributed by atoms with van der Waals surface area (Å²) in [6, 6.07) is 1.79. The van der Waals surface area contributed by atoms with E-state index in [0.29, 0.717) is 0 Å². The fourth-order valence-electron chi connectivity index (χ4n) is 2.20. The van der Waals surface area contributed by atoms with Gasteiger partial charge in [-0.1, -0.05) is 6.92 Å². The van der Waals surface area contributed by atoms with Crippen LogP contribution in [-0.2, 0) is 0 Å². The Balaban J connectivity index is 1.69. The van der Waals surface area contributed by atoms with Crippen molar-refractivity contribution < 1.29 is 0 Å². The van der Waals surface area contributed by atoms with Gasteiger partial charge in [-0.05, 0) is 45.3 Å². The third-order valence-electron chi connectivity index (χ3n) is 3.09. The third-order valence-corrected chi connectivity index (χ3v) is 3.09. The zero-order valence-corrected chi connectivity index (χ0v) is 8.05. The molecule has 2 fully saturated rings. The minimum atomic E-state index is 0.810. The van der Waals surface area contributed by atoms with Crippen molar-refractivity contribution in [3.8, 4) is 0 Å². The Morgan fingerprint density at radius 2 is 1.83 bits per heavy atom. The predicted octanol–water partition coefficient (Wildman–Crippen LogP) is 1.22. The number of piperidine rings is 1. The number of likely N-dealkylation sites (tertiary alicyclic amines) is 1. The van der Waals surface area contributed by atoms with E-state index in [1.165, 1.54) is 38.8 Å². The summed E-state index contributed by atoms with van der Waals surface area (Å²) in [5.74, 6) is 0. The topological polar surface area (TPSA) is 15.3 Å². The molecule has 2 rings (SSSR count). The molecule has 0 atom stereocenters. The second-order valence-corrected chi connectivity index (χ2v) is 4.10. The van der Waals surface area contributed by atoms with Crippen LogP contribution in [0.2, 0.25) is 0 Å². The molecule has 0 aromatic carbocycles. The molecule has 0 unspecified atom stereocenters. The second kappa shape index (κ2) is 3.75. The number of hydrogen-bond donors (Lipinski definition) is 1. The standard InChI is InChI=1S/C10H20N2/c1-2-11-9-5-7-12(8-6-9)10-3-4-10/h9-11H,2-8H2,1H3. The minimum Gasteiger partial charge on any atom is -0.314 e. The molecule has 2 heteroatoms. The molecule has 1 aliphatic heterocycles. The van der Waals surface area contributed by atoms with Crippen LogP contribution in [0.4, 0.5) is 0 Å². The van der Waals surface area contributed by atoms with Crippen molar-refractivity contribution in [2.24, 2.45) is 0 Å². The van der Waals surface area contributed by atoms with Gasteiger partial charge in [-0.25, -0.2) is 0 Å². The Kier molecular flexibility index (Phi) is 2.66. The summed E-state index contributed by atoms with van der Waals surface area (Å²) in [7, 11) is 0. The molecule has 0 amide bonds. The van der Waals surface area contributed by atoms with E-state index in [1.807, 2.05) is 0 Å². The fourth-order valence-corrected chi connectivity index (χ4v) is 2.20. The Hall–Kier alpha value is -0.0800. The largest absolute Gasteiger partial charge is 0.314 e. The second-order valence-electron chi connectivity index (χ2n) is 4.10. The van der Waals surface area contributed by atoms with Crippen LogP contribution < -0.4 is 5.32 Å². The molecular formula is C10H20N2. The number of nitrogens with zero attached hydrogens (tertiary/aromatic N) is 1. The Bertz CT molecular complexity index is 135. The normalized spacial score (nSPS) is 27.8. The maximum atomic E-state index is 3.54. The highest BCUT2D eigenvalue weighted by atomic mass is 15.2. The monoisotopic (exact) mass is 168 g/mol. The maximum Gasteiger partial charge on any atom is 0.00964 e. The molecule has 1 saturated carbocycles. The first kappa shape index (κ1) is 8.52. The summed E-state index contributed by atoms with van der Waals surface area (Å²) in [5, 5.41) is 3.54. The van der Waals surface area contributed by atoms with E-state index in [9.17, 15) is 0 Å². The van der Waals surface area contributed by atoms with Gasteiger partial charge in [-0.3, -0.25) is 0 Å². The number of hydrogen-bond acceptors (Lipinski definition) is 2. The highest BCUT2D eigenvalue weighted by molar-refractivity contribution is 4.88. The van der Waals surface area contributed by atoms with Gasteiger partial charge in [0.15, 0.2) is 0 Å². The van der Waals surface area contributed by atoms with Gasteiger partial charge in [0.2, 0.25) is 0 Å². The molecular weight excluding hydrogens is 148 g/mol. The molecule has 1 heterocycles. The van der Waals surface area contributed by atoms with Gasteiger partial charge in [0.05, 0.1) is 0 Å². The quantitative estimate of drug-likeness (QED) is 0.681. The van der Waals surface area contributed by atoms with Crippen molar-refractivity contribution in [1.82, 2.24) is 10.2 Å². The van der Waals surface area contributed by atoms with E-state index >= 15 is 0 Å². The average Bonchev–Trinajstić information content (AvgIpc) is 2.89. The van der Waals surface area contributed by atoms with Gasteiger partial charge in [-0.15, -0.1) is 0 Å². The van der Waals surface area contributed by atoms with E-state index in [4.69, 9.17) is 0 Å². The van der Waals surface area contributed by atoms with E-state index < -0.39 is 0 Å². The Labute approximate surface area is 75.3 Å². The van der Waals surface area contributed by atoms with Crippen molar-refractivity contribution in [2.45, 2.75) is 44.7 Å². The number of nitrogens with one attached hydrogen (secondary N) is 1. The van der Waals surface area contributed by atoms with Crippen LogP contribution in [0.1, 0.15) is 32.6 Å². The van der Waals surface area contributed by atoms with Crippen molar-refractivity contribution in [1.29, 1.82) is 0 Å². The zero-order valence-electron chi connectivity index (χ0n) is 8.05. The van der Waals surface area contributed by atoms with Crippen molar-refractivity contribution in [2.75, 3.05) is 19.6 Å². The molecule has 1 saturated heterocycles. The minimum absolute atomic E-state index is 0.810. The van der Waals surface area contributed by atoms with Crippen molar-refractivity contribution >= 4 is 0 Å². The SMILES string of the molecule is CCNC1CCN(C2CC2)CC1. The van der Waals surface area contributed by atoms with Crippen LogP contribution in [0.15, 0.2) is 0 Å². The summed E-state index contributed by atoms with van der Waals surface area (Å²) >= 11 is 0. The molecule has 1 aliphatic carbocycles. The van der Waals surface area contributed by atoms with Gasteiger partial charge in [0.25, 0.3) is 0 Å². The van der Waals surface area contributed by atoms with E-state index in [-0.39, 0.29) is 0 Å². The Morgan fingerprint density at radius 1 is 1.17 bits per heavy atom. The summed E-state index contributed by atoms with van der Waals surface area (Å²) in [4.78, 5) is 2.67. The Morgan fingerprint density at radius 3 is 2.33 bits per heavy atom. The summed E-state index contributed by atoms with van der Waals surface area (Å²) in [5.41, 5.74) is 0. The van der Waals surface area contributed by atoms with Gasteiger partial charge < -0.3 is 10.2 Å². The summed E-state index contributed by atoms with van der Waals surface area (Å²) in [6.45, 7) is 6.01. The average molecular weight is 168 g/mol. The number of rotatable bonds is 3. The lowest BCUT2D eigenvalue weighted by Crippen LogP contribution is -2.43. The first-order chi connectivity index (χ1) is 5.90. The van der Waals surface area contributed by atoms with Crippen molar-refractivity contribution in [3.05, 3.63) is 0 Å². The molecule has 0 aromatic heterocycles. The molecule has 0 aromatic rings. The first-order valence-corrected chi connectivity index (χ1v) is 5.37. The van der Waals surface area contributed by atoms with E-state index in [2.05, 4.69) is 17.1 Å². The lowest BCUT2D eigenvalue weighted by atomic mass is 10.1. The van der Waals surface area contributed by atoms with Crippen LogP contribution >= 0.6 is 0 Å². The summed E-state index contributed by atoms with van der Waals surface area (Å²) < 4.78 is 0. The first-order valence-electron chi connectivity index (χ1n) is 5.37. The van der Waals surface area contributed by atoms with Gasteiger partial charge >= 0.3 is 0 Å². The van der Waals surface area contributed by atoms with Gasteiger partial charge in [-0.2, -0.15) is 0 Å². The fraction of sp³-hybridized carbons (Fsp3) is 1.00. The van der Waals surface area contributed by atoms with Crippen LogP contribution in [0.3, 0.4) is 0 Å². The molecule has 0 bridgehead atoms. The van der Waals surface area contributed by atoms with Gasteiger partial charge in [0, 0.05) is 12.1 Å². The summed E-state index contributed by atoms with van der Waals surface area (Å²) in [6.07, 6.45) is 5.66.